The lowest BCUT2D eigenvalue weighted by atomic mass is 10.1. The minimum absolute atomic E-state index is 0.0133. The van der Waals surface area contributed by atoms with Crippen molar-refractivity contribution in [1.82, 2.24) is 15.3 Å². The summed E-state index contributed by atoms with van der Waals surface area (Å²) >= 11 is 0. The van der Waals surface area contributed by atoms with Crippen LogP contribution in [-0.2, 0) is 4.79 Å². The summed E-state index contributed by atoms with van der Waals surface area (Å²) in [4.78, 5) is 28.8. The van der Waals surface area contributed by atoms with Crippen LogP contribution in [0.15, 0.2) is 53.9 Å². The monoisotopic (exact) mass is 340 g/mol. The number of hydrogen-bond donors (Lipinski definition) is 1. The fourth-order valence-electron chi connectivity index (χ4n) is 1.83. The van der Waals surface area contributed by atoms with E-state index in [1.54, 1.807) is 51.5 Å². The van der Waals surface area contributed by atoms with Crippen molar-refractivity contribution in [3.8, 4) is 5.75 Å². The maximum absolute atomic E-state index is 11.9. The van der Waals surface area contributed by atoms with Gasteiger partial charge in [0.05, 0.1) is 11.3 Å². The van der Waals surface area contributed by atoms with Crippen LogP contribution >= 0.6 is 0 Å². The first-order chi connectivity index (χ1) is 12.0. The second-order valence-corrected chi connectivity index (χ2v) is 5.48. The number of nitrogens with zero attached hydrogens (tertiary/aromatic N) is 3. The molecule has 0 atom stereocenters. The molecule has 0 spiro atoms. The van der Waals surface area contributed by atoms with Gasteiger partial charge in [0, 0.05) is 26.5 Å². The van der Waals surface area contributed by atoms with Gasteiger partial charge in [-0.2, -0.15) is 5.10 Å². The number of hydrazone groups is 1. The molecule has 7 nitrogen and oxygen atoms in total. The fourth-order valence-corrected chi connectivity index (χ4v) is 1.83. The number of aromatic nitrogens is 1. The first-order valence-electron chi connectivity index (χ1n) is 7.65. The molecule has 0 saturated heterocycles. The topological polar surface area (TPSA) is 83.9 Å². The number of nitrogens with one attached hydrogen (secondary N) is 1. The number of amides is 2. The predicted octanol–water partition coefficient (Wildman–Crippen LogP) is 1.70. The lowest BCUT2D eigenvalue weighted by Crippen LogP contribution is -2.27. The average molecular weight is 340 g/mol. The van der Waals surface area contributed by atoms with Gasteiger partial charge >= 0.3 is 0 Å². The number of ether oxygens (including phenoxy) is 1. The number of carbonyl (C=O) groups excluding carboxylic acids is 2. The Morgan fingerprint density at radius 3 is 2.48 bits per heavy atom. The van der Waals surface area contributed by atoms with Crippen molar-refractivity contribution in [2.45, 2.75) is 6.92 Å². The van der Waals surface area contributed by atoms with Crippen LogP contribution in [0.5, 0.6) is 5.75 Å². The number of rotatable bonds is 6. The molecule has 0 unspecified atom stereocenters. The lowest BCUT2D eigenvalue weighted by molar-refractivity contribution is -0.130. The van der Waals surface area contributed by atoms with E-state index in [0.717, 1.165) is 5.56 Å². The zero-order valence-electron chi connectivity index (χ0n) is 14.4. The molecule has 1 aromatic heterocycles. The van der Waals surface area contributed by atoms with Gasteiger partial charge in [0.25, 0.3) is 11.8 Å². The standard InChI is InChI=1S/C18H20N4O3/c1-13(20-21-18(24)15-5-4-10-19-11-15)14-6-8-16(9-7-14)25-12-17(23)22(2)3/h4-11H,12H2,1-3H3,(H,21,24)/b20-13+. The summed E-state index contributed by atoms with van der Waals surface area (Å²) in [6, 6.07) is 10.5. The molecule has 0 saturated carbocycles. The predicted molar refractivity (Wildman–Crippen MR) is 94.5 cm³/mol. The Balaban J connectivity index is 1.94. The molecule has 1 aromatic carbocycles. The third-order valence-corrected chi connectivity index (χ3v) is 3.38. The van der Waals surface area contributed by atoms with E-state index in [2.05, 4.69) is 15.5 Å². The number of pyridine rings is 1. The maximum Gasteiger partial charge on any atom is 0.272 e. The van der Waals surface area contributed by atoms with Gasteiger partial charge < -0.3 is 9.64 Å². The molecular weight excluding hydrogens is 320 g/mol. The van der Waals surface area contributed by atoms with Crippen LogP contribution in [0.1, 0.15) is 22.8 Å². The van der Waals surface area contributed by atoms with Crippen LogP contribution in [0.2, 0.25) is 0 Å². The summed E-state index contributed by atoms with van der Waals surface area (Å²) in [7, 11) is 3.35. The van der Waals surface area contributed by atoms with Gasteiger partial charge in [-0.3, -0.25) is 14.6 Å². The molecule has 130 valence electrons. The Morgan fingerprint density at radius 2 is 1.88 bits per heavy atom. The van der Waals surface area contributed by atoms with E-state index >= 15 is 0 Å². The Kier molecular flexibility index (Phi) is 6.22. The van der Waals surface area contributed by atoms with Gasteiger partial charge in [-0.05, 0) is 48.9 Å². The first kappa shape index (κ1) is 18.1. The minimum atomic E-state index is -0.324. The maximum atomic E-state index is 11.9. The van der Waals surface area contributed by atoms with Gasteiger partial charge in [-0.15, -0.1) is 0 Å². The molecule has 0 aliphatic heterocycles. The third-order valence-electron chi connectivity index (χ3n) is 3.38. The van der Waals surface area contributed by atoms with E-state index in [9.17, 15) is 9.59 Å². The van der Waals surface area contributed by atoms with Crippen molar-refractivity contribution < 1.29 is 14.3 Å². The van der Waals surface area contributed by atoms with E-state index in [-0.39, 0.29) is 18.4 Å². The molecule has 0 fully saturated rings. The van der Waals surface area contributed by atoms with Crippen LogP contribution in [0.3, 0.4) is 0 Å². The highest BCUT2D eigenvalue weighted by atomic mass is 16.5. The highest BCUT2D eigenvalue weighted by Gasteiger charge is 2.06. The highest BCUT2D eigenvalue weighted by Crippen LogP contribution is 2.13. The second kappa shape index (κ2) is 8.58. The molecule has 0 bridgehead atoms. The lowest BCUT2D eigenvalue weighted by Gasteiger charge is -2.11. The van der Waals surface area contributed by atoms with Gasteiger partial charge in [-0.1, -0.05) is 0 Å². The van der Waals surface area contributed by atoms with Crippen molar-refractivity contribution in [2.75, 3.05) is 20.7 Å². The molecule has 0 radical (unpaired) electrons. The largest absolute Gasteiger partial charge is 0.484 e. The third kappa shape index (κ3) is 5.42. The van der Waals surface area contributed by atoms with Gasteiger partial charge in [0.1, 0.15) is 5.75 Å². The van der Waals surface area contributed by atoms with Crippen molar-refractivity contribution in [2.24, 2.45) is 5.10 Å². The van der Waals surface area contributed by atoms with E-state index in [1.807, 2.05) is 12.1 Å². The summed E-state index contributed by atoms with van der Waals surface area (Å²) in [6.45, 7) is 1.77. The molecule has 2 aromatic rings. The summed E-state index contributed by atoms with van der Waals surface area (Å²) < 4.78 is 5.41. The Labute approximate surface area is 146 Å². The molecule has 0 aliphatic rings. The van der Waals surface area contributed by atoms with Crippen LogP contribution in [-0.4, -0.2) is 48.1 Å². The molecular formula is C18H20N4O3. The SMILES string of the molecule is C/C(=N\NC(=O)c1cccnc1)c1ccc(OCC(=O)N(C)C)cc1. The molecule has 25 heavy (non-hydrogen) atoms. The summed E-state index contributed by atoms with van der Waals surface area (Å²) in [5.41, 5.74) is 4.41. The molecule has 2 rings (SSSR count). The normalized spacial score (nSPS) is 10.9. The molecule has 2 amide bonds. The first-order valence-corrected chi connectivity index (χ1v) is 7.65. The minimum Gasteiger partial charge on any atom is -0.484 e. The Bertz CT molecular complexity index is 756. The van der Waals surface area contributed by atoms with Crippen molar-refractivity contribution in [1.29, 1.82) is 0 Å². The zero-order chi connectivity index (χ0) is 18.2. The van der Waals surface area contributed by atoms with Crippen LogP contribution in [0, 0.1) is 0 Å². The van der Waals surface area contributed by atoms with E-state index in [0.29, 0.717) is 17.0 Å². The molecule has 0 aliphatic carbocycles. The quantitative estimate of drug-likeness (QED) is 0.641. The summed E-state index contributed by atoms with van der Waals surface area (Å²) in [5.74, 6) is 0.153. The van der Waals surface area contributed by atoms with E-state index in [4.69, 9.17) is 4.74 Å². The smallest absolute Gasteiger partial charge is 0.272 e. The number of benzene rings is 1. The van der Waals surface area contributed by atoms with Crippen molar-refractivity contribution in [3.05, 3.63) is 59.9 Å². The number of carbonyl (C=O) groups is 2. The van der Waals surface area contributed by atoms with Crippen molar-refractivity contribution >= 4 is 17.5 Å². The molecule has 1 N–H and O–H groups in total. The van der Waals surface area contributed by atoms with Gasteiger partial charge in [0.15, 0.2) is 6.61 Å². The van der Waals surface area contributed by atoms with Crippen LogP contribution in [0.4, 0.5) is 0 Å². The second-order valence-electron chi connectivity index (χ2n) is 5.48. The van der Waals surface area contributed by atoms with Gasteiger partial charge in [-0.25, -0.2) is 5.43 Å². The number of likely N-dealkylation sites (N-methyl/N-ethyl adjacent to an activating group) is 1. The fraction of sp³-hybridized carbons (Fsp3) is 0.222. The van der Waals surface area contributed by atoms with E-state index in [1.165, 1.54) is 11.1 Å². The van der Waals surface area contributed by atoms with Gasteiger partial charge in [0.2, 0.25) is 0 Å². The summed E-state index contributed by atoms with van der Waals surface area (Å²) in [5, 5.41) is 4.09. The Morgan fingerprint density at radius 1 is 1.16 bits per heavy atom. The zero-order valence-corrected chi connectivity index (χ0v) is 14.4. The van der Waals surface area contributed by atoms with Crippen LogP contribution < -0.4 is 10.2 Å². The number of hydrogen-bond acceptors (Lipinski definition) is 5. The molecule has 7 heteroatoms. The molecule has 1 heterocycles. The summed E-state index contributed by atoms with van der Waals surface area (Å²) in [6.07, 6.45) is 3.07. The van der Waals surface area contributed by atoms with E-state index < -0.39 is 0 Å². The van der Waals surface area contributed by atoms with Crippen LogP contribution in [0.25, 0.3) is 0 Å². The highest BCUT2D eigenvalue weighted by molar-refractivity contribution is 6.00. The van der Waals surface area contributed by atoms with Crippen molar-refractivity contribution in [3.63, 3.8) is 0 Å². The Hall–Kier alpha value is -3.22. The average Bonchev–Trinajstić information content (AvgIpc) is 2.64.